The lowest BCUT2D eigenvalue weighted by Crippen LogP contribution is -2.19. The number of anilines is 1. The second kappa shape index (κ2) is 6.86. The molecular formula is C15H19N3O2. The largest absolute Gasteiger partial charge is 0.472 e. The second-order valence-corrected chi connectivity index (χ2v) is 4.41. The number of methoxy groups -OCH3 is 1. The van der Waals surface area contributed by atoms with Crippen LogP contribution in [0.25, 0.3) is 11.4 Å². The summed E-state index contributed by atoms with van der Waals surface area (Å²) in [5, 5.41) is 3.02. The standard InChI is InChI=1S/C15H19N3O2/c1-11(10-19-3)20-14-9-13(16-2)17-15(18-14)12-7-5-4-6-8-12/h4-9,11H,10H2,1-3H3,(H,16,17,18). The molecule has 20 heavy (non-hydrogen) atoms. The van der Waals surface area contributed by atoms with Crippen molar-refractivity contribution in [1.82, 2.24) is 9.97 Å². The van der Waals surface area contributed by atoms with Crippen LogP contribution in [-0.4, -0.2) is 36.8 Å². The van der Waals surface area contributed by atoms with E-state index in [4.69, 9.17) is 9.47 Å². The third kappa shape index (κ3) is 3.68. The number of ether oxygens (including phenoxy) is 2. The molecule has 2 rings (SSSR count). The number of aromatic nitrogens is 2. The summed E-state index contributed by atoms with van der Waals surface area (Å²) in [5.41, 5.74) is 0.953. The maximum Gasteiger partial charge on any atom is 0.219 e. The van der Waals surface area contributed by atoms with Gasteiger partial charge in [-0.25, -0.2) is 4.98 Å². The Kier molecular flexibility index (Phi) is 4.90. The fourth-order valence-electron chi connectivity index (χ4n) is 1.80. The summed E-state index contributed by atoms with van der Waals surface area (Å²) in [7, 11) is 3.47. The zero-order chi connectivity index (χ0) is 14.4. The van der Waals surface area contributed by atoms with Crippen molar-refractivity contribution in [3.63, 3.8) is 0 Å². The molecule has 0 aliphatic heterocycles. The third-order valence-corrected chi connectivity index (χ3v) is 2.71. The summed E-state index contributed by atoms with van der Waals surface area (Å²) in [5.74, 6) is 1.89. The fourth-order valence-corrected chi connectivity index (χ4v) is 1.80. The highest BCUT2D eigenvalue weighted by Gasteiger charge is 2.10. The molecule has 0 saturated carbocycles. The van der Waals surface area contributed by atoms with Gasteiger partial charge in [0.2, 0.25) is 5.88 Å². The van der Waals surface area contributed by atoms with Crippen LogP contribution < -0.4 is 10.1 Å². The normalized spacial score (nSPS) is 11.9. The van der Waals surface area contributed by atoms with Crippen molar-refractivity contribution in [3.05, 3.63) is 36.4 Å². The van der Waals surface area contributed by atoms with Crippen molar-refractivity contribution in [2.24, 2.45) is 0 Å². The summed E-state index contributed by atoms with van der Waals surface area (Å²) >= 11 is 0. The highest BCUT2D eigenvalue weighted by Crippen LogP contribution is 2.21. The molecule has 0 spiro atoms. The van der Waals surface area contributed by atoms with E-state index in [1.165, 1.54) is 0 Å². The minimum atomic E-state index is -0.0665. The maximum atomic E-state index is 5.74. The first-order valence-electron chi connectivity index (χ1n) is 6.50. The first-order chi connectivity index (χ1) is 9.72. The van der Waals surface area contributed by atoms with Gasteiger partial charge in [0.1, 0.15) is 11.9 Å². The maximum absolute atomic E-state index is 5.74. The number of nitrogens with zero attached hydrogens (tertiary/aromatic N) is 2. The quantitative estimate of drug-likeness (QED) is 0.876. The van der Waals surface area contributed by atoms with Crippen LogP contribution in [0.3, 0.4) is 0 Å². The van der Waals surface area contributed by atoms with Crippen molar-refractivity contribution < 1.29 is 9.47 Å². The van der Waals surface area contributed by atoms with E-state index in [2.05, 4.69) is 15.3 Å². The first kappa shape index (κ1) is 14.3. The first-order valence-corrected chi connectivity index (χ1v) is 6.50. The minimum absolute atomic E-state index is 0.0665. The summed E-state index contributed by atoms with van der Waals surface area (Å²) in [6.45, 7) is 2.45. The molecule has 0 radical (unpaired) electrons. The summed E-state index contributed by atoms with van der Waals surface area (Å²) in [6, 6.07) is 11.6. The molecular weight excluding hydrogens is 254 g/mol. The number of hydrogen-bond donors (Lipinski definition) is 1. The molecule has 0 bridgehead atoms. The molecule has 1 atom stereocenters. The Balaban J connectivity index is 2.29. The molecule has 1 N–H and O–H groups in total. The predicted octanol–water partition coefficient (Wildman–Crippen LogP) is 2.60. The summed E-state index contributed by atoms with van der Waals surface area (Å²) in [4.78, 5) is 8.89. The van der Waals surface area contributed by atoms with Gasteiger partial charge in [-0.1, -0.05) is 30.3 Å². The van der Waals surface area contributed by atoms with Gasteiger partial charge in [-0.05, 0) is 6.92 Å². The smallest absolute Gasteiger partial charge is 0.219 e. The van der Waals surface area contributed by atoms with Crippen LogP contribution in [0.5, 0.6) is 5.88 Å². The molecule has 1 unspecified atom stereocenters. The average Bonchev–Trinajstić information content (AvgIpc) is 2.48. The predicted molar refractivity (Wildman–Crippen MR) is 79.0 cm³/mol. The fraction of sp³-hybridized carbons (Fsp3) is 0.333. The molecule has 0 aliphatic carbocycles. The van der Waals surface area contributed by atoms with Crippen LogP contribution in [0.15, 0.2) is 36.4 Å². The van der Waals surface area contributed by atoms with E-state index in [1.54, 1.807) is 13.2 Å². The zero-order valence-corrected chi connectivity index (χ0v) is 12.0. The Morgan fingerprint density at radius 2 is 1.95 bits per heavy atom. The zero-order valence-electron chi connectivity index (χ0n) is 12.0. The molecule has 5 nitrogen and oxygen atoms in total. The van der Waals surface area contributed by atoms with Gasteiger partial charge in [0.05, 0.1) is 6.61 Å². The second-order valence-electron chi connectivity index (χ2n) is 4.41. The minimum Gasteiger partial charge on any atom is -0.472 e. The van der Waals surface area contributed by atoms with E-state index in [1.807, 2.05) is 44.3 Å². The monoisotopic (exact) mass is 273 g/mol. The molecule has 0 aliphatic rings. The van der Waals surface area contributed by atoms with Gasteiger partial charge in [-0.3, -0.25) is 0 Å². The molecule has 0 saturated heterocycles. The van der Waals surface area contributed by atoms with Crippen molar-refractivity contribution in [1.29, 1.82) is 0 Å². The molecule has 1 aromatic carbocycles. The van der Waals surface area contributed by atoms with Crippen LogP contribution in [0.4, 0.5) is 5.82 Å². The summed E-state index contributed by atoms with van der Waals surface area (Å²) in [6.07, 6.45) is -0.0665. The van der Waals surface area contributed by atoms with E-state index < -0.39 is 0 Å². The molecule has 0 amide bonds. The molecule has 106 valence electrons. The lowest BCUT2D eigenvalue weighted by Gasteiger charge is -2.14. The number of nitrogens with one attached hydrogen (secondary N) is 1. The van der Waals surface area contributed by atoms with Gasteiger partial charge in [0.25, 0.3) is 0 Å². The van der Waals surface area contributed by atoms with E-state index in [0.717, 1.165) is 11.4 Å². The Hall–Kier alpha value is -2.14. The number of hydrogen-bond acceptors (Lipinski definition) is 5. The summed E-state index contributed by atoms with van der Waals surface area (Å²) < 4.78 is 10.8. The molecule has 5 heteroatoms. The third-order valence-electron chi connectivity index (χ3n) is 2.71. The van der Waals surface area contributed by atoms with Gasteiger partial charge in [0.15, 0.2) is 5.82 Å². The van der Waals surface area contributed by atoms with Crippen molar-refractivity contribution in [2.45, 2.75) is 13.0 Å². The Labute approximate surface area is 119 Å². The lowest BCUT2D eigenvalue weighted by molar-refractivity contribution is 0.0890. The Morgan fingerprint density at radius 1 is 1.20 bits per heavy atom. The highest BCUT2D eigenvalue weighted by atomic mass is 16.5. The van der Waals surface area contributed by atoms with E-state index in [9.17, 15) is 0 Å². The van der Waals surface area contributed by atoms with Gasteiger partial charge >= 0.3 is 0 Å². The van der Waals surface area contributed by atoms with E-state index in [0.29, 0.717) is 18.3 Å². The van der Waals surface area contributed by atoms with Crippen LogP contribution in [0, 0.1) is 0 Å². The molecule has 0 fully saturated rings. The SMILES string of the molecule is CNc1cc(OC(C)COC)nc(-c2ccccc2)n1. The average molecular weight is 273 g/mol. The Morgan fingerprint density at radius 3 is 2.60 bits per heavy atom. The van der Waals surface area contributed by atoms with Crippen molar-refractivity contribution >= 4 is 5.82 Å². The Bertz CT molecular complexity index is 546. The molecule has 2 aromatic rings. The lowest BCUT2D eigenvalue weighted by atomic mass is 10.2. The van der Waals surface area contributed by atoms with Crippen LogP contribution in [-0.2, 0) is 4.74 Å². The number of rotatable bonds is 6. The molecule has 1 heterocycles. The van der Waals surface area contributed by atoms with Crippen LogP contribution >= 0.6 is 0 Å². The van der Waals surface area contributed by atoms with Crippen molar-refractivity contribution in [3.8, 4) is 17.3 Å². The molecule has 1 aromatic heterocycles. The van der Waals surface area contributed by atoms with Crippen LogP contribution in [0.2, 0.25) is 0 Å². The van der Waals surface area contributed by atoms with Gasteiger partial charge in [-0.2, -0.15) is 4.98 Å². The van der Waals surface area contributed by atoms with Crippen LogP contribution in [0.1, 0.15) is 6.92 Å². The highest BCUT2D eigenvalue weighted by molar-refractivity contribution is 5.58. The van der Waals surface area contributed by atoms with Gasteiger partial charge < -0.3 is 14.8 Å². The topological polar surface area (TPSA) is 56.3 Å². The van der Waals surface area contributed by atoms with Gasteiger partial charge in [-0.15, -0.1) is 0 Å². The van der Waals surface area contributed by atoms with E-state index in [-0.39, 0.29) is 6.10 Å². The van der Waals surface area contributed by atoms with Crippen molar-refractivity contribution in [2.75, 3.05) is 26.1 Å². The van der Waals surface area contributed by atoms with E-state index >= 15 is 0 Å². The van der Waals surface area contributed by atoms with Gasteiger partial charge in [0, 0.05) is 25.8 Å². The number of benzene rings is 1.